The van der Waals surface area contributed by atoms with Crippen molar-refractivity contribution in [2.45, 2.75) is 11.8 Å². The van der Waals surface area contributed by atoms with Crippen LogP contribution in [0.15, 0.2) is 54.6 Å². The highest BCUT2D eigenvalue weighted by Crippen LogP contribution is 2.22. The first-order valence-electron chi connectivity index (χ1n) is 8.37. The van der Waals surface area contributed by atoms with Gasteiger partial charge in [0.25, 0.3) is 0 Å². The van der Waals surface area contributed by atoms with Crippen LogP contribution in [0.5, 0.6) is 0 Å². The lowest BCUT2D eigenvalue weighted by molar-refractivity contribution is -0.124. The number of carbonyl (C=O) groups is 1. The van der Waals surface area contributed by atoms with Crippen molar-refractivity contribution >= 4 is 39.3 Å². The molecule has 5 nitrogen and oxygen atoms in total. The minimum atomic E-state index is -3.51. The zero-order valence-electron chi connectivity index (χ0n) is 15.3. The Bertz CT molecular complexity index is 843. The largest absolute Gasteiger partial charge is 0.354 e. The summed E-state index contributed by atoms with van der Waals surface area (Å²) in [6, 6.07) is 15.7. The van der Waals surface area contributed by atoms with E-state index in [1.54, 1.807) is 36.0 Å². The average molecular weight is 427 g/mol. The lowest BCUT2D eigenvalue weighted by Crippen LogP contribution is -2.41. The molecule has 0 heterocycles. The third-order valence-corrected chi connectivity index (χ3v) is 6.52. The molecule has 0 fully saturated rings. The molecule has 2 rings (SSSR count). The highest BCUT2D eigenvalue weighted by atomic mass is 35.5. The van der Waals surface area contributed by atoms with E-state index in [1.807, 2.05) is 30.3 Å². The lowest BCUT2D eigenvalue weighted by Gasteiger charge is -2.25. The van der Waals surface area contributed by atoms with Crippen LogP contribution >= 0.6 is 23.4 Å². The van der Waals surface area contributed by atoms with E-state index in [-0.39, 0.29) is 5.91 Å². The molecule has 0 unspecified atom stereocenters. The van der Waals surface area contributed by atoms with E-state index >= 15 is 0 Å². The molecular weight excluding hydrogens is 404 g/mol. The topological polar surface area (TPSA) is 66.5 Å². The van der Waals surface area contributed by atoms with E-state index in [0.717, 1.165) is 27.6 Å². The molecule has 0 saturated heterocycles. The molecule has 2 aromatic carbocycles. The molecule has 2 aromatic rings. The van der Waals surface area contributed by atoms with Crippen molar-refractivity contribution in [1.29, 1.82) is 0 Å². The van der Waals surface area contributed by atoms with Gasteiger partial charge in [-0.25, -0.2) is 8.42 Å². The van der Waals surface area contributed by atoms with Gasteiger partial charge >= 0.3 is 0 Å². The van der Waals surface area contributed by atoms with Crippen molar-refractivity contribution in [3.05, 3.63) is 70.7 Å². The summed E-state index contributed by atoms with van der Waals surface area (Å²) in [5.41, 5.74) is 1.80. The molecule has 1 amide bonds. The molecule has 0 radical (unpaired) electrons. The normalized spacial score (nSPS) is 12.7. The Morgan fingerprint density at radius 2 is 1.78 bits per heavy atom. The fourth-order valence-electron chi connectivity index (χ4n) is 2.47. The van der Waals surface area contributed by atoms with E-state index in [0.29, 0.717) is 17.1 Å². The number of hydrogen-bond acceptors (Lipinski definition) is 4. The van der Waals surface area contributed by atoms with Crippen molar-refractivity contribution in [2.75, 3.05) is 25.6 Å². The molecular formula is C19H23ClN2O3S2. The minimum absolute atomic E-state index is 0.332. The maximum Gasteiger partial charge on any atom is 0.243 e. The SMILES string of the molecule is CN([C@@H](C(=O)NCCSCc1ccc(Cl)cc1)c1ccccc1)S(C)(=O)=O. The number of thioether (sulfide) groups is 1. The highest BCUT2D eigenvalue weighted by Gasteiger charge is 2.30. The van der Waals surface area contributed by atoms with Gasteiger partial charge in [-0.1, -0.05) is 54.1 Å². The van der Waals surface area contributed by atoms with Gasteiger partial charge in [0, 0.05) is 30.1 Å². The molecule has 0 spiro atoms. The van der Waals surface area contributed by atoms with Crippen molar-refractivity contribution in [3.8, 4) is 0 Å². The second-order valence-corrected chi connectivity index (χ2v) is 9.65. The Morgan fingerprint density at radius 1 is 1.15 bits per heavy atom. The maximum absolute atomic E-state index is 12.7. The molecule has 8 heteroatoms. The van der Waals surface area contributed by atoms with Gasteiger partial charge in [0.05, 0.1) is 6.26 Å². The van der Waals surface area contributed by atoms with Crippen LogP contribution in [0.1, 0.15) is 17.2 Å². The molecule has 27 heavy (non-hydrogen) atoms. The van der Waals surface area contributed by atoms with Crippen LogP contribution in [0.3, 0.4) is 0 Å². The Balaban J connectivity index is 1.91. The molecule has 1 N–H and O–H groups in total. The van der Waals surface area contributed by atoms with Crippen LogP contribution in [0, 0.1) is 0 Å². The first kappa shape index (κ1) is 21.8. The standard InChI is InChI=1S/C19H23ClN2O3S2/c1-22(27(2,24)25)18(16-6-4-3-5-7-16)19(23)21-12-13-26-14-15-8-10-17(20)11-9-15/h3-11,18H,12-14H2,1-2H3,(H,21,23)/t18-/m1/s1. The van der Waals surface area contributed by atoms with Gasteiger partial charge < -0.3 is 5.32 Å². The lowest BCUT2D eigenvalue weighted by atomic mass is 10.1. The second kappa shape index (κ2) is 10.1. The fraction of sp³-hybridized carbons (Fsp3) is 0.316. The zero-order chi connectivity index (χ0) is 19.9. The van der Waals surface area contributed by atoms with E-state index in [9.17, 15) is 13.2 Å². The predicted octanol–water partition coefficient (Wildman–Crippen LogP) is 3.32. The summed E-state index contributed by atoms with van der Waals surface area (Å²) in [6.07, 6.45) is 1.10. The Morgan fingerprint density at radius 3 is 2.37 bits per heavy atom. The molecule has 0 aliphatic carbocycles. The molecule has 0 aliphatic rings. The summed E-state index contributed by atoms with van der Waals surface area (Å²) in [4.78, 5) is 12.7. The van der Waals surface area contributed by atoms with Gasteiger partial charge in [-0.15, -0.1) is 0 Å². The van der Waals surface area contributed by atoms with Gasteiger partial charge in [-0.05, 0) is 23.3 Å². The Labute approximate surface area is 170 Å². The van der Waals surface area contributed by atoms with Gasteiger partial charge in [0.15, 0.2) is 0 Å². The van der Waals surface area contributed by atoms with Gasteiger partial charge in [-0.3, -0.25) is 4.79 Å². The van der Waals surface area contributed by atoms with E-state index in [2.05, 4.69) is 5.32 Å². The van der Waals surface area contributed by atoms with Crippen molar-refractivity contribution in [1.82, 2.24) is 9.62 Å². The number of benzene rings is 2. The van der Waals surface area contributed by atoms with Gasteiger partial charge in [-0.2, -0.15) is 16.1 Å². The monoisotopic (exact) mass is 426 g/mol. The number of nitrogens with zero attached hydrogens (tertiary/aromatic N) is 1. The summed E-state index contributed by atoms with van der Waals surface area (Å²) in [7, 11) is -2.10. The summed E-state index contributed by atoms with van der Waals surface area (Å²) in [6.45, 7) is 0.456. The molecule has 0 aliphatic heterocycles. The number of nitrogens with one attached hydrogen (secondary N) is 1. The van der Waals surface area contributed by atoms with E-state index in [4.69, 9.17) is 11.6 Å². The van der Waals surface area contributed by atoms with E-state index in [1.165, 1.54) is 7.05 Å². The van der Waals surface area contributed by atoms with Crippen LogP contribution < -0.4 is 5.32 Å². The molecule has 0 aromatic heterocycles. The maximum atomic E-state index is 12.7. The van der Waals surface area contributed by atoms with Crippen LogP contribution in [0.25, 0.3) is 0 Å². The molecule has 1 atom stereocenters. The molecule has 0 bridgehead atoms. The first-order chi connectivity index (χ1) is 12.8. The third-order valence-electron chi connectivity index (χ3n) is 3.98. The number of rotatable bonds is 9. The highest BCUT2D eigenvalue weighted by molar-refractivity contribution is 7.98. The van der Waals surface area contributed by atoms with Crippen LogP contribution in [-0.4, -0.2) is 44.2 Å². The van der Waals surface area contributed by atoms with Gasteiger partial charge in [0.2, 0.25) is 15.9 Å². The van der Waals surface area contributed by atoms with Crippen molar-refractivity contribution in [3.63, 3.8) is 0 Å². The summed E-state index contributed by atoms with van der Waals surface area (Å²) in [5.74, 6) is 1.21. The number of sulfonamides is 1. The predicted molar refractivity (Wildman–Crippen MR) is 112 cm³/mol. The first-order valence-corrected chi connectivity index (χ1v) is 11.7. The number of likely N-dealkylation sites (N-methyl/N-ethyl adjacent to an activating group) is 1. The fourth-order valence-corrected chi connectivity index (χ4v) is 4.01. The van der Waals surface area contributed by atoms with Crippen LogP contribution in [0.2, 0.25) is 5.02 Å². The number of amides is 1. The Kier molecular flexibility index (Phi) is 8.16. The summed E-state index contributed by atoms with van der Waals surface area (Å²) < 4.78 is 25.0. The molecule has 146 valence electrons. The van der Waals surface area contributed by atoms with Crippen molar-refractivity contribution < 1.29 is 13.2 Å². The average Bonchev–Trinajstić information content (AvgIpc) is 2.63. The minimum Gasteiger partial charge on any atom is -0.354 e. The number of carbonyl (C=O) groups excluding carboxylic acids is 1. The van der Waals surface area contributed by atoms with Gasteiger partial charge in [0.1, 0.15) is 6.04 Å². The van der Waals surface area contributed by atoms with Crippen LogP contribution in [-0.2, 0) is 20.6 Å². The zero-order valence-corrected chi connectivity index (χ0v) is 17.7. The Hall–Kier alpha value is -1.54. The van der Waals surface area contributed by atoms with Crippen molar-refractivity contribution in [2.24, 2.45) is 0 Å². The number of halogens is 1. The summed E-state index contributed by atoms with van der Waals surface area (Å²) >= 11 is 7.55. The number of hydrogen-bond donors (Lipinski definition) is 1. The third kappa shape index (κ3) is 6.84. The smallest absolute Gasteiger partial charge is 0.243 e. The quantitative estimate of drug-likeness (QED) is 0.624. The van der Waals surface area contributed by atoms with Crippen LogP contribution in [0.4, 0.5) is 0 Å². The summed E-state index contributed by atoms with van der Waals surface area (Å²) in [5, 5.41) is 3.55. The second-order valence-electron chi connectivity index (χ2n) is 6.06. The van der Waals surface area contributed by atoms with E-state index < -0.39 is 16.1 Å². The molecule has 0 saturated carbocycles.